The quantitative estimate of drug-likeness (QED) is 0.575. The van der Waals surface area contributed by atoms with Crippen molar-refractivity contribution in [3.05, 3.63) is 27.4 Å². The average Bonchev–Trinajstić information content (AvgIpc) is 2.80. The standard InChI is InChI=1S/C12H16ClN5S2/c1-2-6(14)11(7-3-4-8(13)19-7)20-12-17-9(15)5-10(16)18-12/h3-6,11H,2,14H2,1H3,(H4,15,16,17,18). The molecule has 0 aromatic carbocycles. The lowest BCUT2D eigenvalue weighted by Crippen LogP contribution is -2.25. The molecule has 0 bridgehead atoms. The summed E-state index contributed by atoms with van der Waals surface area (Å²) in [6, 6.07) is 5.35. The topological polar surface area (TPSA) is 104 Å². The van der Waals surface area contributed by atoms with Crippen LogP contribution in [0.3, 0.4) is 0 Å². The van der Waals surface area contributed by atoms with Crippen LogP contribution in [-0.4, -0.2) is 16.0 Å². The molecule has 0 fully saturated rings. The highest BCUT2D eigenvalue weighted by molar-refractivity contribution is 7.99. The summed E-state index contributed by atoms with van der Waals surface area (Å²) in [6.45, 7) is 2.04. The third kappa shape index (κ3) is 3.76. The minimum absolute atomic E-state index is 0.0266. The van der Waals surface area contributed by atoms with Gasteiger partial charge in [-0.15, -0.1) is 11.3 Å². The van der Waals surface area contributed by atoms with Crippen molar-refractivity contribution in [2.45, 2.75) is 29.8 Å². The number of nitrogen functional groups attached to an aromatic ring is 2. The lowest BCUT2D eigenvalue weighted by Gasteiger charge is -2.20. The van der Waals surface area contributed by atoms with Crippen LogP contribution in [0.25, 0.3) is 0 Å². The van der Waals surface area contributed by atoms with Crippen molar-refractivity contribution in [1.29, 1.82) is 0 Å². The first-order valence-electron chi connectivity index (χ1n) is 6.07. The normalized spacial score (nSPS) is 14.2. The van der Waals surface area contributed by atoms with E-state index in [1.54, 1.807) is 0 Å². The van der Waals surface area contributed by atoms with E-state index in [2.05, 4.69) is 9.97 Å². The maximum Gasteiger partial charge on any atom is 0.192 e. The molecule has 0 saturated carbocycles. The number of hydrogen-bond acceptors (Lipinski definition) is 7. The van der Waals surface area contributed by atoms with E-state index >= 15 is 0 Å². The molecule has 2 aromatic rings. The second kappa shape index (κ2) is 6.62. The van der Waals surface area contributed by atoms with Gasteiger partial charge in [-0.3, -0.25) is 0 Å². The maximum atomic E-state index is 6.21. The van der Waals surface area contributed by atoms with Crippen molar-refractivity contribution in [1.82, 2.24) is 9.97 Å². The predicted molar refractivity (Wildman–Crippen MR) is 87.1 cm³/mol. The number of thioether (sulfide) groups is 1. The van der Waals surface area contributed by atoms with Crippen molar-refractivity contribution in [2.24, 2.45) is 5.73 Å². The fourth-order valence-corrected chi connectivity index (χ4v) is 4.19. The Kier molecular flexibility index (Phi) is 5.09. The number of rotatable bonds is 5. The van der Waals surface area contributed by atoms with Crippen LogP contribution in [0.15, 0.2) is 23.4 Å². The fourth-order valence-electron chi connectivity index (χ4n) is 1.68. The molecule has 5 nitrogen and oxygen atoms in total. The van der Waals surface area contributed by atoms with E-state index in [0.717, 1.165) is 15.6 Å². The first-order chi connectivity index (χ1) is 9.49. The van der Waals surface area contributed by atoms with Gasteiger partial charge in [0, 0.05) is 17.0 Å². The summed E-state index contributed by atoms with van der Waals surface area (Å²) >= 11 is 8.98. The molecule has 0 saturated heterocycles. The van der Waals surface area contributed by atoms with Gasteiger partial charge in [-0.2, -0.15) is 0 Å². The second-order valence-corrected chi connectivity index (χ2v) is 7.11. The molecule has 0 radical (unpaired) electrons. The van der Waals surface area contributed by atoms with E-state index in [1.165, 1.54) is 29.2 Å². The number of nitrogens with zero attached hydrogens (tertiary/aromatic N) is 2. The van der Waals surface area contributed by atoms with E-state index in [9.17, 15) is 0 Å². The van der Waals surface area contributed by atoms with Gasteiger partial charge < -0.3 is 17.2 Å². The molecule has 0 aliphatic carbocycles. The smallest absolute Gasteiger partial charge is 0.192 e. The van der Waals surface area contributed by atoms with Crippen LogP contribution in [-0.2, 0) is 0 Å². The molecule has 6 N–H and O–H groups in total. The summed E-state index contributed by atoms with van der Waals surface area (Å²) < 4.78 is 0.738. The molecule has 0 aliphatic heterocycles. The van der Waals surface area contributed by atoms with Gasteiger partial charge in [-0.25, -0.2) is 9.97 Å². The zero-order valence-corrected chi connectivity index (χ0v) is 13.3. The second-order valence-electron chi connectivity index (χ2n) is 4.25. The Morgan fingerprint density at radius 2 is 1.95 bits per heavy atom. The predicted octanol–water partition coefficient (Wildman–Crippen LogP) is 2.93. The van der Waals surface area contributed by atoms with Gasteiger partial charge in [0.2, 0.25) is 0 Å². The van der Waals surface area contributed by atoms with Gasteiger partial charge in [0.25, 0.3) is 0 Å². The molecule has 0 amide bonds. The van der Waals surface area contributed by atoms with E-state index in [4.69, 9.17) is 28.8 Å². The van der Waals surface area contributed by atoms with E-state index in [-0.39, 0.29) is 11.3 Å². The van der Waals surface area contributed by atoms with Gasteiger partial charge in [0.05, 0.1) is 9.59 Å². The number of thiophene rings is 1. The van der Waals surface area contributed by atoms with E-state index in [0.29, 0.717) is 16.8 Å². The molecule has 2 heterocycles. The summed E-state index contributed by atoms with van der Waals surface area (Å²) in [5.74, 6) is 0.709. The zero-order chi connectivity index (χ0) is 14.7. The Hall–Kier alpha value is -1.02. The van der Waals surface area contributed by atoms with Crippen molar-refractivity contribution in [2.75, 3.05) is 11.5 Å². The lowest BCUT2D eigenvalue weighted by atomic mass is 10.1. The summed E-state index contributed by atoms with van der Waals surface area (Å²) in [6.07, 6.45) is 0.838. The molecule has 2 unspecified atom stereocenters. The Bertz CT molecular complexity index is 569. The molecular weight excluding hydrogens is 314 g/mol. The Balaban J connectivity index is 2.28. The van der Waals surface area contributed by atoms with E-state index in [1.807, 2.05) is 19.1 Å². The van der Waals surface area contributed by atoms with Crippen molar-refractivity contribution in [3.63, 3.8) is 0 Å². The molecule has 2 rings (SSSR count). The first kappa shape index (κ1) is 15.4. The molecular formula is C12H16ClN5S2. The van der Waals surface area contributed by atoms with Gasteiger partial charge in [-0.05, 0) is 18.6 Å². The number of halogens is 1. The third-order valence-electron chi connectivity index (χ3n) is 2.71. The number of hydrogen-bond donors (Lipinski definition) is 3. The van der Waals surface area contributed by atoms with Crippen LogP contribution in [0, 0.1) is 0 Å². The minimum Gasteiger partial charge on any atom is -0.383 e. The van der Waals surface area contributed by atoms with E-state index < -0.39 is 0 Å². The summed E-state index contributed by atoms with van der Waals surface area (Å²) in [5, 5.41) is 0.555. The van der Waals surface area contributed by atoms with Gasteiger partial charge in [-0.1, -0.05) is 30.3 Å². The van der Waals surface area contributed by atoms with Crippen LogP contribution in [0.1, 0.15) is 23.5 Å². The molecule has 2 aromatic heterocycles. The Morgan fingerprint density at radius 3 is 2.45 bits per heavy atom. The number of anilines is 2. The zero-order valence-electron chi connectivity index (χ0n) is 10.9. The molecule has 8 heteroatoms. The number of aromatic nitrogens is 2. The largest absolute Gasteiger partial charge is 0.383 e. The maximum absolute atomic E-state index is 6.21. The average molecular weight is 330 g/mol. The van der Waals surface area contributed by atoms with Crippen LogP contribution in [0.4, 0.5) is 11.6 Å². The molecule has 0 spiro atoms. The summed E-state index contributed by atoms with van der Waals surface area (Å²) in [4.78, 5) is 9.47. The lowest BCUT2D eigenvalue weighted by molar-refractivity contribution is 0.638. The summed E-state index contributed by atoms with van der Waals surface area (Å²) in [5.41, 5.74) is 17.6. The van der Waals surface area contributed by atoms with Gasteiger partial charge in [0.15, 0.2) is 5.16 Å². The van der Waals surface area contributed by atoms with Gasteiger partial charge >= 0.3 is 0 Å². The molecule has 0 aliphatic rings. The number of nitrogens with two attached hydrogens (primary N) is 3. The summed E-state index contributed by atoms with van der Waals surface area (Å²) in [7, 11) is 0. The fraction of sp³-hybridized carbons (Fsp3) is 0.333. The van der Waals surface area contributed by atoms with Crippen LogP contribution in [0.2, 0.25) is 4.34 Å². The highest BCUT2D eigenvalue weighted by atomic mass is 35.5. The molecule has 2 atom stereocenters. The third-order valence-corrected chi connectivity index (χ3v) is 5.43. The highest BCUT2D eigenvalue weighted by Crippen LogP contribution is 2.41. The van der Waals surface area contributed by atoms with Crippen LogP contribution >= 0.6 is 34.7 Å². The molecule has 20 heavy (non-hydrogen) atoms. The van der Waals surface area contributed by atoms with Crippen LogP contribution < -0.4 is 17.2 Å². The Morgan fingerprint density at radius 1 is 1.30 bits per heavy atom. The van der Waals surface area contributed by atoms with Crippen molar-refractivity contribution in [3.8, 4) is 0 Å². The molecule has 108 valence electrons. The minimum atomic E-state index is -0.0269. The van der Waals surface area contributed by atoms with Crippen molar-refractivity contribution >= 4 is 46.3 Å². The SMILES string of the molecule is CCC(N)C(Sc1nc(N)cc(N)n1)c1ccc(Cl)s1. The van der Waals surface area contributed by atoms with Crippen molar-refractivity contribution < 1.29 is 0 Å². The van der Waals surface area contributed by atoms with Crippen LogP contribution in [0.5, 0.6) is 0 Å². The Labute approximate surface area is 130 Å². The first-order valence-corrected chi connectivity index (χ1v) is 8.14. The van der Waals surface area contributed by atoms with Gasteiger partial charge in [0.1, 0.15) is 11.6 Å². The highest BCUT2D eigenvalue weighted by Gasteiger charge is 2.23. The monoisotopic (exact) mass is 329 g/mol.